The van der Waals surface area contributed by atoms with Crippen LogP contribution in [0, 0.1) is 0 Å². The predicted molar refractivity (Wildman–Crippen MR) is 75.5 cm³/mol. The molecule has 0 saturated heterocycles. The number of hydrogen-bond acceptors (Lipinski definition) is 2. The van der Waals surface area contributed by atoms with Gasteiger partial charge in [0.2, 0.25) is 5.91 Å². The van der Waals surface area contributed by atoms with E-state index in [1.807, 2.05) is 55.6 Å². The van der Waals surface area contributed by atoms with Gasteiger partial charge in [-0.3, -0.25) is 9.78 Å². The van der Waals surface area contributed by atoms with E-state index < -0.39 is 0 Å². The fourth-order valence-electron chi connectivity index (χ4n) is 1.91. The quantitative estimate of drug-likeness (QED) is 0.822. The van der Waals surface area contributed by atoms with Crippen LogP contribution >= 0.6 is 0 Å². The van der Waals surface area contributed by atoms with Crippen molar-refractivity contribution >= 4 is 5.91 Å². The summed E-state index contributed by atoms with van der Waals surface area (Å²) < 4.78 is 0. The molecule has 1 aromatic heterocycles. The Bertz CT molecular complexity index is 511. The highest BCUT2D eigenvalue weighted by Crippen LogP contribution is 2.06. The van der Waals surface area contributed by atoms with E-state index in [1.54, 1.807) is 11.1 Å². The number of carbonyl (C=O) groups excluding carboxylic acids is 1. The second-order valence-corrected chi connectivity index (χ2v) is 4.56. The minimum Gasteiger partial charge on any atom is -0.340 e. The SMILES string of the molecule is CN(Cc1ccccn1)C(=O)CCc1ccccc1. The van der Waals surface area contributed by atoms with Gasteiger partial charge in [-0.2, -0.15) is 0 Å². The topological polar surface area (TPSA) is 33.2 Å². The van der Waals surface area contributed by atoms with Gasteiger partial charge in [0.25, 0.3) is 0 Å². The van der Waals surface area contributed by atoms with Crippen molar-refractivity contribution in [3.8, 4) is 0 Å². The number of aryl methyl sites for hydroxylation is 1. The van der Waals surface area contributed by atoms with Crippen LogP contribution in [0.15, 0.2) is 54.7 Å². The van der Waals surface area contributed by atoms with E-state index in [9.17, 15) is 4.79 Å². The van der Waals surface area contributed by atoms with Crippen molar-refractivity contribution in [1.82, 2.24) is 9.88 Å². The molecule has 0 saturated carbocycles. The van der Waals surface area contributed by atoms with Gasteiger partial charge in [-0.25, -0.2) is 0 Å². The molecule has 19 heavy (non-hydrogen) atoms. The molecule has 0 N–H and O–H groups in total. The van der Waals surface area contributed by atoms with E-state index in [1.165, 1.54) is 5.56 Å². The number of nitrogens with zero attached hydrogens (tertiary/aromatic N) is 2. The summed E-state index contributed by atoms with van der Waals surface area (Å²) in [6.45, 7) is 0.564. The van der Waals surface area contributed by atoms with E-state index in [4.69, 9.17) is 0 Å². The Morgan fingerprint density at radius 1 is 1.11 bits per heavy atom. The summed E-state index contributed by atoms with van der Waals surface area (Å²) in [6, 6.07) is 15.8. The first kappa shape index (κ1) is 13.3. The number of hydrogen-bond donors (Lipinski definition) is 0. The highest BCUT2D eigenvalue weighted by Gasteiger charge is 2.09. The first-order valence-corrected chi connectivity index (χ1v) is 6.43. The number of rotatable bonds is 5. The Morgan fingerprint density at radius 3 is 2.53 bits per heavy atom. The second-order valence-electron chi connectivity index (χ2n) is 4.56. The smallest absolute Gasteiger partial charge is 0.222 e. The Labute approximate surface area is 113 Å². The van der Waals surface area contributed by atoms with Crippen molar-refractivity contribution in [2.75, 3.05) is 7.05 Å². The van der Waals surface area contributed by atoms with E-state index in [2.05, 4.69) is 4.98 Å². The minimum atomic E-state index is 0.148. The Morgan fingerprint density at radius 2 is 1.84 bits per heavy atom. The number of pyridine rings is 1. The first-order chi connectivity index (χ1) is 9.25. The second kappa shape index (κ2) is 6.69. The third-order valence-electron chi connectivity index (χ3n) is 3.02. The molecule has 0 unspecified atom stereocenters. The highest BCUT2D eigenvalue weighted by atomic mass is 16.2. The summed E-state index contributed by atoms with van der Waals surface area (Å²) in [5.41, 5.74) is 2.11. The standard InChI is InChI=1S/C16H18N2O/c1-18(13-15-9-5-6-12-17-15)16(19)11-10-14-7-3-2-4-8-14/h2-9,12H,10-11,13H2,1H3. The van der Waals surface area contributed by atoms with Gasteiger partial charge in [-0.1, -0.05) is 36.4 Å². The molecule has 0 fully saturated rings. The van der Waals surface area contributed by atoms with Crippen LogP contribution in [0.25, 0.3) is 0 Å². The molecule has 0 aliphatic rings. The van der Waals surface area contributed by atoms with Gasteiger partial charge >= 0.3 is 0 Å². The van der Waals surface area contributed by atoms with Gasteiger partial charge in [0, 0.05) is 19.7 Å². The van der Waals surface area contributed by atoms with Crippen molar-refractivity contribution in [3.05, 3.63) is 66.0 Å². The van der Waals surface area contributed by atoms with Gasteiger partial charge in [-0.15, -0.1) is 0 Å². The van der Waals surface area contributed by atoms with Crippen molar-refractivity contribution in [3.63, 3.8) is 0 Å². The molecule has 2 rings (SSSR count). The number of benzene rings is 1. The largest absolute Gasteiger partial charge is 0.340 e. The molecular formula is C16H18N2O. The van der Waals surface area contributed by atoms with Gasteiger partial charge in [0.05, 0.1) is 12.2 Å². The summed E-state index contributed by atoms with van der Waals surface area (Å²) in [5, 5.41) is 0. The van der Waals surface area contributed by atoms with Crippen molar-refractivity contribution < 1.29 is 4.79 Å². The zero-order chi connectivity index (χ0) is 13.5. The summed E-state index contributed by atoms with van der Waals surface area (Å²) in [6.07, 6.45) is 3.07. The molecule has 1 amide bonds. The normalized spacial score (nSPS) is 10.2. The predicted octanol–water partition coefficient (Wildman–Crippen LogP) is 2.67. The molecular weight excluding hydrogens is 236 g/mol. The van der Waals surface area contributed by atoms with E-state index >= 15 is 0 Å². The lowest BCUT2D eigenvalue weighted by atomic mass is 10.1. The van der Waals surface area contributed by atoms with Gasteiger partial charge in [0.1, 0.15) is 0 Å². The molecule has 3 nitrogen and oxygen atoms in total. The number of aromatic nitrogens is 1. The third kappa shape index (κ3) is 4.21. The summed E-state index contributed by atoms with van der Waals surface area (Å²) in [4.78, 5) is 18.0. The molecule has 3 heteroatoms. The average molecular weight is 254 g/mol. The van der Waals surface area contributed by atoms with Crippen molar-refractivity contribution in [2.45, 2.75) is 19.4 Å². The zero-order valence-electron chi connectivity index (χ0n) is 11.1. The molecule has 0 spiro atoms. The minimum absolute atomic E-state index is 0.148. The van der Waals surface area contributed by atoms with Crippen molar-refractivity contribution in [2.24, 2.45) is 0 Å². The van der Waals surface area contributed by atoms with Crippen LogP contribution in [0.1, 0.15) is 17.7 Å². The maximum Gasteiger partial charge on any atom is 0.222 e. The maximum atomic E-state index is 12.0. The number of carbonyl (C=O) groups is 1. The van der Waals surface area contributed by atoms with Crippen LogP contribution in [0.2, 0.25) is 0 Å². The molecule has 0 aliphatic heterocycles. The molecule has 0 aliphatic carbocycles. The van der Waals surface area contributed by atoms with Gasteiger partial charge < -0.3 is 4.90 Å². The highest BCUT2D eigenvalue weighted by molar-refractivity contribution is 5.76. The van der Waals surface area contributed by atoms with Crippen LogP contribution in [-0.4, -0.2) is 22.8 Å². The van der Waals surface area contributed by atoms with E-state index in [0.29, 0.717) is 13.0 Å². The molecule has 98 valence electrons. The summed E-state index contributed by atoms with van der Waals surface area (Å²) >= 11 is 0. The molecule has 1 aromatic carbocycles. The zero-order valence-corrected chi connectivity index (χ0v) is 11.1. The van der Waals surface area contributed by atoms with Crippen LogP contribution < -0.4 is 0 Å². The summed E-state index contributed by atoms with van der Waals surface area (Å²) in [5.74, 6) is 0.148. The fourth-order valence-corrected chi connectivity index (χ4v) is 1.91. The lowest BCUT2D eigenvalue weighted by Crippen LogP contribution is -2.26. The molecule has 2 aromatic rings. The van der Waals surface area contributed by atoms with Crippen LogP contribution in [-0.2, 0) is 17.8 Å². The van der Waals surface area contributed by atoms with Crippen LogP contribution in [0.5, 0.6) is 0 Å². The molecule has 0 radical (unpaired) electrons. The van der Waals surface area contributed by atoms with Crippen molar-refractivity contribution in [1.29, 1.82) is 0 Å². The van der Waals surface area contributed by atoms with E-state index in [-0.39, 0.29) is 5.91 Å². The lowest BCUT2D eigenvalue weighted by molar-refractivity contribution is -0.130. The average Bonchev–Trinajstić information content (AvgIpc) is 2.47. The van der Waals surface area contributed by atoms with Gasteiger partial charge in [-0.05, 0) is 24.1 Å². The third-order valence-corrected chi connectivity index (χ3v) is 3.02. The van der Waals surface area contributed by atoms with Crippen LogP contribution in [0.4, 0.5) is 0 Å². The Kier molecular flexibility index (Phi) is 4.67. The van der Waals surface area contributed by atoms with E-state index in [0.717, 1.165) is 12.1 Å². The number of amides is 1. The first-order valence-electron chi connectivity index (χ1n) is 6.43. The molecule has 0 atom stereocenters. The Hall–Kier alpha value is -2.16. The molecule has 0 bridgehead atoms. The molecule has 1 heterocycles. The monoisotopic (exact) mass is 254 g/mol. The summed E-state index contributed by atoms with van der Waals surface area (Å²) in [7, 11) is 1.82. The lowest BCUT2D eigenvalue weighted by Gasteiger charge is -2.16. The Balaban J connectivity index is 1.83. The van der Waals surface area contributed by atoms with Crippen LogP contribution in [0.3, 0.4) is 0 Å². The fraction of sp³-hybridized carbons (Fsp3) is 0.250. The maximum absolute atomic E-state index is 12.0. The van der Waals surface area contributed by atoms with Gasteiger partial charge in [0.15, 0.2) is 0 Å².